The first-order valence-electron chi connectivity index (χ1n) is 15.0. The van der Waals surface area contributed by atoms with E-state index in [-0.39, 0.29) is 29.6 Å². The molecule has 0 aliphatic rings. The van der Waals surface area contributed by atoms with Gasteiger partial charge in [-0.05, 0) is 56.2 Å². The molecule has 0 bridgehead atoms. The van der Waals surface area contributed by atoms with Crippen LogP contribution in [-0.4, -0.2) is 41.1 Å². The maximum Gasteiger partial charge on any atom is 0.338 e. The number of rotatable bonds is 14. The molecule has 238 valence electrons. The Morgan fingerprint density at radius 3 is 2.28 bits per heavy atom. The van der Waals surface area contributed by atoms with Crippen molar-refractivity contribution in [2.45, 2.75) is 50.0 Å². The fourth-order valence-corrected chi connectivity index (χ4v) is 5.99. The highest BCUT2D eigenvalue weighted by Gasteiger charge is 2.22. The van der Waals surface area contributed by atoms with Crippen molar-refractivity contribution in [2.75, 3.05) is 11.3 Å². The van der Waals surface area contributed by atoms with E-state index in [1.807, 2.05) is 53.2 Å². The zero-order chi connectivity index (χ0) is 32.6. The summed E-state index contributed by atoms with van der Waals surface area (Å²) < 4.78 is 35.8. The average molecular weight is 639 g/mol. The van der Waals surface area contributed by atoms with Gasteiger partial charge in [0, 0.05) is 36.0 Å². The van der Waals surface area contributed by atoms with Gasteiger partial charge in [-0.2, -0.15) is 0 Å². The minimum atomic E-state index is -3.80. The monoisotopic (exact) mass is 638 g/mol. The molecule has 5 aromatic rings. The van der Waals surface area contributed by atoms with E-state index >= 15 is 0 Å². The first kappa shape index (κ1) is 32.6. The summed E-state index contributed by atoms with van der Waals surface area (Å²) in [7, 11) is -3.80. The number of esters is 1. The molecule has 3 N–H and O–H groups in total. The smallest absolute Gasteiger partial charge is 0.338 e. The minimum Gasteiger partial charge on any atom is -0.457 e. The number of carbonyl (C=O) groups excluding carboxylic acids is 1. The average Bonchev–Trinajstić information content (AvgIpc) is 3.56. The lowest BCUT2D eigenvalue weighted by molar-refractivity contribution is 0.0472. The Balaban J connectivity index is 1.13. The molecular formula is C36H38N4O5S. The summed E-state index contributed by atoms with van der Waals surface area (Å²) in [5, 5.41) is 14.5. The van der Waals surface area contributed by atoms with Gasteiger partial charge in [-0.25, -0.2) is 18.2 Å². The number of β-amino-alcohol motifs (C(OH)–C–C–N with tert-alkyl or cyclic N) is 1. The van der Waals surface area contributed by atoms with Gasteiger partial charge in [0.25, 0.3) is 10.0 Å². The van der Waals surface area contributed by atoms with Crippen LogP contribution in [0.1, 0.15) is 47.9 Å². The van der Waals surface area contributed by atoms with E-state index in [1.165, 1.54) is 12.1 Å². The number of carbonyl (C=O) groups is 1. The van der Waals surface area contributed by atoms with E-state index < -0.39 is 16.1 Å². The zero-order valence-corrected chi connectivity index (χ0v) is 26.7. The van der Waals surface area contributed by atoms with E-state index in [2.05, 4.69) is 28.9 Å². The Labute approximate surface area is 270 Å². The number of benzene rings is 4. The first-order valence-corrected chi connectivity index (χ1v) is 16.5. The molecule has 0 aliphatic carbocycles. The normalized spacial score (nSPS) is 12.4. The highest BCUT2D eigenvalue weighted by Crippen LogP contribution is 2.26. The Bertz CT molecular complexity index is 1840. The van der Waals surface area contributed by atoms with Crippen LogP contribution in [0.5, 0.6) is 0 Å². The van der Waals surface area contributed by atoms with Gasteiger partial charge in [0.05, 0.1) is 34.3 Å². The van der Waals surface area contributed by atoms with E-state index in [1.54, 1.807) is 60.9 Å². The quantitative estimate of drug-likeness (QED) is 0.124. The van der Waals surface area contributed by atoms with Crippen LogP contribution in [0.15, 0.2) is 127 Å². The summed E-state index contributed by atoms with van der Waals surface area (Å²) in [4.78, 5) is 17.2. The Hall–Kier alpha value is -4.77. The molecule has 46 heavy (non-hydrogen) atoms. The molecular weight excluding hydrogens is 600 g/mol. The minimum absolute atomic E-state index is 0.150. The molecule has 5 rings (SSSR count). The van der Waals surface area contributed by atoms with Crippen LogP contribution in [0.4, 0.5) is 5.69 Å². The second-order valence-electron chi connectivity index (χ2n) is 11.7. The lowest BCUT2D eigenvalue weighted by atomic mass is 9.99. The largest absolute Gasteiger partial charge is 0.457 e. The maximum atomic E-state index is 12.9. The molecule has 0 aliphatic heterocycles. The van der Waals surface area contributed by atoms with E-state index in [0.29, 0.717) is 23.4 Å². The number of hydrogen-bond acceptors (Lipinski definition) is 7. The number of aryl methyl sites for hydroxylation is 1. The lowest BCUT2D eigenvalue weighted by Gasteiger charge is -2.28. The summed E-state index contributed by atoms with van der Waals surface area (Å²) in [6, 6.07) is 31.7. The molecule has 0 fully saturated rings. The van der Waals surface area contributed by atoms with E-state index in [4.69, 9.17) is 4.74 Å². The first-order chi connectivity index (χ1) is 22.1. The third-order valence-electron chi connectivity index (χ3n) is 7.65. The van der Waals surface area contributed by atoms with Crippen LogP contribution in [0, 0.1) is 0 Å². The van der Waals surface area contributed by atoms with Crippen LogP contribution >= 0.6 is 0 Å². The van der Waals surface area contributed by atoms with Crippen molar-refractivity contribution >= 4 is 21.7 Å². The fourth-order valence-electron chi connectivity index (χ4n) is 4.88. The van der Waals surface area contributed by atoms with Crippen molar-refractivity contribution in [1.82, 2.24) is 14.9 Å². The maximum absolute atomic E-state index is 12.9. The SMILES string of the molecule is CC(C)(CCn1cnc(-c2ccc(C(=O)OCc3ccccc3)cc2)c1)NCC(O)c1ccccc1NS(=O)(=O)c1ccccc1. The molecule has 1 aromatic heterocycles. The van der Waals surface area contributed by atoms with Crippen molar-refractivity contribution in [2.24, 2.45) is 0 Å². The summed E-state index contributed by atoms with van der Waals surface area (Å²) in [5.74, 6) is -0.377. The fraction of sp³-hybridized carbons (Fsp3) is 0.222. The van der Waals surface area contributed by atoms with Crippen LogP contribution in [0.25, 0.3) is 11.3 Å². The number of aliphatic hydroxyl groups excluding tert-OH is 1. The standard InChI is InChI=1S/C36H38N4O5S/c1-36(2,38-23-34(41)31-15-9-10-16-32(31)39-46(43,44)30-13-7-4-8-14-30)21-22-40-24-33(37-26-40)28-17-19-29(20-18-28)35(42)45-25-27-11-5-3-6-12-27/h3-20,24,26,34,38-39,41H,21-23,25H2,1-2H3. The van der Waals surface area contributed by atoms with Crippen LogP contribution in [0.2, 0.25) is 0 Å². The van der Waals surface area contributed by atoms with Crippen molar-refractivity contribution in [3.63, 3.8) is 0 Å². The number of para-hydroxylation sites is 1. The number of aromatic nitrogens is 2. The topological polar surface area (TPSA) is 123 Å². The van der Waals surface area contributed by atoms with Crippen molar-refractivity contribution in [3.05, 3.63) is 138 Å². The Morgan fingerprint density at radius 1 is 0.913 bits per heavy atom. The van der Waals surface area contributed by atoms with Gasteiger partial charge in [0.1, 0.15) is 6.61 Å². The van der Waals surface area contributed by atoms with E-state index in [0.717, 1.165) is 23.2 Å². The highest BCUT2D eigenvalue weighted by molar-refractivity contribution is 7.92. The molecule has 4 aromatic carbocycles. The summed E-state index contributed by atoms with van der Waals surface area (Å²) >= 11 is 0. The number of hydrogen-bond donors (Lipinski definition) is 3. The van der Waals surface area contributed by atoms with E-state index in [9.17, 15) is 18.3 Å². The third-order valence-corrected chi connectivity index (χ3v) is 9.03. The van der Waals surface area contributed by atoms with Crippen molar-refractivity contribution < 1.29 is 23.1 Å². The highest BCUT2D eigenvalue weighted by atomic mass is 32.2. The van der Waals surface area contributed by atoms with Gasteiger partial charge >= 0.3 is 5.97 Å². The van der Waals surface area contributed by atoms with Crippen LogP contribution < -0.4 is 10.0 Å². The Morgan fingerprint density at radius 2 is 1.57 bits per heavy atom. The second-order valence-corrected chi connectivity index (χ2v) is 13.4. The molecule has 0 saturated carbocycles. The molecule has 0 amide bonds. The number of aliphatic hydroxyl groups is 1. The molecule has 1 atom stereocenters. The third kappa shape index (κ3) is 8.69. The summed E-state index contributed by atoms with van der Waals surface area (Å²) in [6.45, 7) is 5.24. The number of sulfonamides is 1. The number of nitrogens with zero attached hydrogens (tertiary/aromatic N) is 2. The zero-order valence-electron chi connectivity index (χ0n) is 25.8. The lowest BCUT2D eigenvalue weighted by Crippen LogP contribution is -2.42. The summed E-state index contributed by atoms with van der Waals surface area (Å²) in [5.41, 5.74) is 3.57. The molecule has 0 spiro atoms. The van der Waals surface area contributed by atoms with Crippen LogP contribution in [-0.2, 0) is 27.9 Å². The van der Waals surface area contributed by atoms with Crippen molar-refractivity contribution in [3.8, 4) is 11.3 Å². The molecule has 1 heterocycles. The van der Waals surface area contributed by atoms with Gasteiger partial charge < -0.3 is 19.7 Å². The number of imidazole rings is 1. The number of ether oxygens (including phenoxy) is 1. The van der Waals surface area contributed by atoms with Crippen molar-refractivity contribution in [1.29, 1.82) is 0 Å². The predicted molar refractivity (Wildman–Crippen MR) is 179 cm³/mol. The van der Waals surface area contributed by atoms with Gasteiger partial charge in [0.15, 0.2) is 0 Å². The number of nitrogens with one attached hydrogen (secondary N) is 2. The van der Waals surface area contributed by atoms with Crippen LogP contribution in [0.3, 0.4) is 0 Å². The molecule has 10 heteroatoms. The van der Waals surface area contributed by atoms with Gasteiger partial charge in [-0.3, -0.25) is 4.72 Å². The molecule has 9 nitrogen and oxygen atoms in total. The molecule has 1 unspecified atom stereocenters. The van der Waals surface area contributed by atoms with Gasteiger partial charge in [0.2, 0.25) is 0 Å². The predicted octanol–water partition coefficient (Wildman–Crippen LogP) is 6.20. The van der Waals surface area contributed by atoms with Gasteiger partial charge in [-0.15, -0.1) is 0 Å². The molecule has 0 saturated heterocycles. The van der Waals surface area contributed by atoms with Gasteiger partial charge in [-0.1, -0.05) is 78.9 Å². The second kappa shape index (κ2) is 14.6. The summed E-state index contributed by atoms with van der Waals surface area (Å²) in [6.07, 6.45) is 3.54. The number of anilines is 1. The molecule has 0 radical (unpaired) electrons. The Kier molecular flexibility index (Phi) is 10.3.